The van der Waals surface area contributed by atoms with Crippen LogP contribution in [0.5, 0.6) is 11.5 Å². The lowest BCUT2D eigenvalue weighted by Gasteiger charge is -2.21. The average molecular weight is 555 g/mol. The van der Waals surface area contributed by atoms with Crippen LogP contribution in [0, 0.1) is 0 Å². The van der Waals surface area contributed by atoms with Crippen molar-refractivity contribution in [2.45, 2.75) is 26.3 Å². The fourth-order valence-electron chi connectivity index (χ4n) is 4.34. The van der Waals surface area contributed by atoms with Crippen LogP contribution in [0.1, 0.15) is 22.4 Å². The first kappa shape index (κ1) is 27.9. The van der Waals surface area contributed by atoms with E-state index in [2.05, 4.69) is 40.2 Å². The van der Waals surface area contributed by atoms with Gasteiger partial charge in [-0.1, -0.05) is 36.4 Å². The van der Waals surface area contributed by atoms with Gasteiger partial charge in [0.1, 0.15) is 23.5 Å². The van der Waals surface area contributed by atoms with Crippen LogP contribution in [0.15, 0.2) is 102 Å². The van der Waals surface area contributed by atoms with Gasteiger partial charge in [0.15, 0.2) is 0 Å². The molecule has 0 saturated carbocycles. The fraction of sp³-hybridized carbons (Fsp3) is 0.250. The van der Waals surface area contributed by atoms with Crippen LogP contribution in [0.4, 0.5) is 6.01 Å². The van der Waals surface area contributed by atoms with Crippen LogP contribution in [0.3, 0.4) is 0 Å². The summed E-state index contributed by atoms with van der Waals surface area (Å²) in [7, 11) is 3.32. The number of benzene rings is 3. The first-order valence-electron chi connectivity index (χ1n) is 13.4. The van der Waals surface area contributed by atoms with Crippen LogP contribution in [-0.4, -0.2) is 42.0 Å². The number of methoxy groups -OCH3 is 2. The van der Waals surface area contributed by atoms with Crippen molar-refractivity contribution in [1.29, 1.82) is 0 Å². The van der Waals surface area contributed by atoms with Crippen molar-refractivity contribution in [3.8, 4) is 17.2 Å². The molecule has 5 aromatic rings. The Morgan fingerprint density at radius 1 is 0.780 bits per heavy atom. The van der Waals surface area contributed by atoms with Gasteiger partial charge in [0.2, 0.25) is 0 Å². The average Bonchev–Trinajstić information content (AvgIpc) is 3.72. The number of anilines is 1. The summed E-state index contributed by atoms with van der Waals surface area (Å²) < 4.78 is 30.1. The van der Waals surface area contributed by atoms with E-state index < -0.39 is 0 Å². The molecule has 0 saturated heterocycles. The monoisotopic (exact) mass is 554 g/mol. The molecule has 0 fully saturated rings. The quantitative estimate of drug-likeness (QED) is 0.150. The molecule has 2 heterocycles. The third-order valence-electron chi connectivity index (χ3n) is 6.45. The number of oxazole rings is 1. The zero-order valence-corrected chi connectivity index (χ0v) is 23.3. The molecule has 9 nitrogen and oxygen atoms in total. The zero-order chi connectivity index (χ0) is 28.3. The van der Waals surface area contributed by atoms with Crippen LogP contribution < -0.4 is 14.4 Å². The van der Waals surface area contributed by atoms with Gasteiger partial charge in [0.05, 0.1) is 47.0 Å². The molecule has 0 aliphatic rings. The van der Waals surface area contributed by atoms with Gasteiger partial charge in [-0.25, -0.2) is 4.98 Å². The Balaban J connectivity index is 1.18. The molecule has 0 atom stereocenters. The maximum atomic E-state index is 5.92. The van der Waals surface area contributed by atoms with Crippen molar-refractivity contribution < 1.29 is 23.4 Å². The van der Waals surface area contributed by atoms with E-state index in [-0.39, 0.29) is 0 Å². The number of nitrogens with zero attached hydrogens (tertiary/aromatic N) is 4. The maximum Gasteiger partial charge on any atom is 0.298 e. The molecule has 0 spiro atoms. The van der Waals surface area contributed by atoms with Gasteiger partial charge in [0.25, 0.3) is 6.01 Å². The largest absolute Gasteiger partial charge is 0.497 e. The Bertz CT molecular complexity index is 1480. The maximum absolute atomic E-state index is 5.92. The number of aromatic nitrogens is 3. The Hall–Kier alpha value is -4.60. The van der Waals surface area contributed by atoms with Gasteiger partial charge in [-0.3, -0.25) is 0 Å². The Kier molecular flexibility index (Phi) is 9.65. The number of ether oxygens (including phenoxy) is 4. The normalized spacial score (nSPS) is 11.0. The van der Waals surface area contributed by atoms with Crippen LogP contribution >= 0.6 is 0 Å². The van der Waals surface area contributed by atoms with Crippen molar-refractivity contribution in [2.75, 3.05) is 32.3 Å². The minimum atomic E-state index is 0.332. The van der Waals surface area contributed by atoms with Crippen molar-refractivity contribution in [1.82, 2.24) is 14.5 Å². The first-order chi connectivity index (χ1) is 20.2. The number of hydrogen-bond donors (Lipinski definition) is 0. The molecule has 0 radical (unpaired) electrons. The molecule has 0 aliphatic heterocycles. The van der Waals surface area contributed by atoms with Gasteiger partial charge in [-0.05, 0) is 53.1 Å². The minimum Gasteiger partial charge on any atom is -0.497 e. The highest BCUT2D eigenvalue weighted by molar-refractivity contribution is 5.39. The van der Waals surface area contributed by atoms with E-state index in [1.54, 1.807) is 33.0 Å². The third-order valence-corrected chi connectivity index (χ3v) is 6.45. The van der Waals surface area contributed by atoms with Crippen molar-refractivity contribution in [2.24, 2.45) is 0 Å². The summed E-state index contributed by atoms with van der Waals surface area (Å²) in [5.41, 5.74) is 5.04. The molecule has 0 unspecified atom stereocenters. The standard InChI is InChI=1S/C32H34N4O5/c1-37-30-7-3-5-26(17-30)20-36(19-25-9-11-29(12-10-25)35-14-13-33-24-35)32-34-28(23-41-32)22-40-16-15-39-21-27-6-4-8-31(18-27)38-2/h3-14,17-18,23-24H,15-16,19-22H2,1-2H3. The van der Waals surface area contributed by atoms with E-state index in [0.717, 1.165) is 39.6 Å². The number of hydrogen-bond acceptors (Lipinski definition) is 8. The summed E-state index contributed by atoms with van der Waals surface area (Å²) >= 11 is 0. The smallest absolute Gasteiger partial charge is 0.298 e. The second-order valence-corrected chi connectivity index (χ2v) is 9.42. The van der Waals surface area contributed by atoms with Crippen LogP contribution in [-0.2, 0) is 35.8 Å². The molecule has 0 aliphatic carbocycles. The van der Waals surface area contributed by atoms with Gasteiger partial charge in [-0.15, -0.1) is 0 Å². The van der Waals surface area contributed by atoms with Crippen molar-refractivity contribution in [3.05, 3.63) is 120 Å². The summed E-state index contributed by atoms with van der Waals surface area (Å²) in [5, 5.41) is 0. The molecule has 0 bridgehead atoms. The molecule has 0 N–H and O–H groups in total. The Morgan fingerprint density at radius 2 is 1.46 bits per heavy atom. The lowest BCUT2D eigenvalue weighted by Crippen LogP contribution is -2.22. The molecule has 3 aromatic carbocycles. The second-order valence-electron chi connectivity index (χ2n) is 9.42. The topological polar surface area (TPSA) is 84.0 Å². The zero-order valence-electron chi connectivity index (χ0n) is 23.3. The molecular weight excluding hydrogens is 520 g/mol. The highest BCUT2D eigenvalue weighted by Gasteiger charge is 2.16. The molecule has 41 heavy (non-hydrogen) atoms. The van der Waals surface area contributed by atoms with Gasteiger partial charge >= 0.3 is 0 Å². The second kappa shape index (κ2) is 14.2. The summed E-state index contributed by atoms with van der Waals surface area (Å²) in [6, 6.07) is 24.7. The fourth-order valence-corrected chi connectivity index (χ4v) is 4.34. The van der Waals surface area contributed by atoms with E-state index in [1.165, 1.54) is 0 Å². The molecular formula is C32H34N4O5. The van der Waals surface area contributed by atoms with Gasteiger partial charge < -0.3 is 32.8 Å². The SMILES string of the molecule is COc1cccc(COCCOCc2coc(N(Cc3ccc(-n4ccnc4)cc3)Cc3cccc(OC)c3)n2)c1. The number of imidazole rings is 1. The third kappa shape index (κ3) is 7.97. The van der Waals surface area contributed by atoms with Crippen LogP contribution in [0.2, 0.25) is 0 Å². The molecule has 9 heteroatoms. The minimum absolute atomic E-state index is 0.332. The van der Waals surface area contributed by atoms with E-state index in [4.69, 9.17) is 28.3 Å². The highest BCUT2D eigenvalue weighted by atomic mass is 16.5. The van der Waals surface area contributed by atoms with Crippen molar-refractivity contribution in [3.63, 3.8) is 0 Å². The first-order valence-corrected chi connectivity index (χ1v) is 13.4. The summed E-state index contributed by atoms with van der Waals surface area (Å²) in [6.07, 6.45) is 7.12. The van der Waals surface area contributed by atoms with E-state index in [0.29, 0.717) is 45.5 Å². The summed E-state index contributed by atoms with van der Waals surface area (Å²) in [5.74, 6) is 1.62. The predicted octanol–water partition coefficient (Wildman–Crippen LogP) is 5.82. The molecule has 0 amide bonds. The lowest BCUT2D eigenvalue weighted by atomic mass is 10.1. The lowest BCUT2D eigenvalue weighted by molar-refractivity contribution is 0.0328. The number of rotatable bonds is 15. The van der Waals surface area contributed by atoms with E-state index >= 15 is 0 Å². The Morgan fingerprint density at radius 3 is 2.17 bits per heavy atom. The van der Waals surface area contributed by atoms with Gasteiger partial charge in [0, 0.05) is 31.2 Å². The van der Waals surface area contributed by atoms with Crippen molar-refractivity contribution >= 4 is 6.01 Å². The molecule has 5 rings (SSSR count). The highest BCUT2D eigenvalue weighted by Crippen LogP contribution is 2.23. The van der Waals surface area contributed by atoms with E-state index in [1.807, 2.05) is 53.2 Å². The van der Waals surface area contributed by atoms with E-state index in [9.17, 15) is 0 Å². The molecule has 212 valence electrons. The van der Waals surface area contributed by atoms with Gasteiger partial charge in [-0.2, -0.15) is 4.98 Å². The Labute approximate surface area is 239 Å². The molecule has 2 aromatic heterocycles. The predicted molar refractivity (Wildman–Crippen MR) is 155 cm³/mol. The summed E-state index contributed by atoms with van der Waals surface area (Å²) in [4.78, 5) is 11.0. The summed E-state index contributed by atoms with van der Waals surface area (Å²) in [6.45, 7) is 2.96. The van der Waals surface area contributed by atoms with Crippen LogP contribution in [0.25, 0.3) is 5.69 Å².